The number of hydrogen-bond donors (Lipinski definition) is 0. The number of hydrogen-bond acceptors (Lipinski definition) is 3. The minimum Gasteiger partial charge on any atom is -0.456 e. The number of rotatable bonds is 3. The molecular weight excluding hydrogens is 272 g/mol. The maximum absolute atomic E-state index is 6.00. The number of fused-ring (bicyclic) bond motifs is 1. The molecular formula is C19H14N2O. The molecule has 2 aromatic heterocycles. The van der Waals surface area contributed by atoms with Gasteiger partial charge < -0.3 is 4.42 Å². The van der Waals surface area contributed by atoms with Gasteiger partial charge in [0.15, 0.2) is 0 Å². The predicted molar refractivity (Wildman–Crippen MR) is 86.5 cm³/mol. The van der Waals surface area contributed by atoms with Crippen LogP contribution < -0.4 is 0 Å². The molecule has 3 nitrogen and oxygen atoms in total. The first-order valence-electron chi connectivity index (χ1n) is 7.21. The molecule has 0 saturated heterocycles. The zero-order chi connectivity index (χ0) is 14.8. The molecule has 0 aliphatic carbocycles. The Morgan fingerprint density at radius 1 is 0.864 bits per heavy atom. The lowest BCUT2D eigenvalue weighted by molar-refractivity contribution is 0.631. The van der Waals surface area contributed by atoms with E-state index in [9.17, 15) is 0 Å². The molecule has 0 fully saturated rings. The Morgan fingerprint density at radius 2 is 1.64 bits per heavy atom. The predicted octanol–water partition coefficient (Wildman–Crippen LogP) is 4.48. The minimum atomic E-state index is 0.786. The Labute approximate surface area is 128 Å². The summed E-state index contributed by atoms with van der Waals surface area (Å²) in [5.74, 6) is 0.897. The van der Waals surface area contributed by atoms with Crippen LogP contribution in [0.1, 0.15) is 11.1 Å². The van der Waals surface area contributed by atoms with Crippen LogP contribution in [0.4, 0.5) is 0 Å². The molecule has 0 saturated carbocycles. The number of benzene rings is 2. The van der Waals surface area contributed by atoms with Crippen molar-refractivity contribution in [1.29, 1.82) is 0 Å². The van der Waals surface area contributed by atoms with Crippen molar-refractivity contribution in [2.45, 2.75) is 6.42 Å². The lowest BCUT2D eigenvalue weighted by Gasteiger charge is -2.06. The van der Waals surface area contributed by atoms with E-state index in [2.05, 4.69) is 34.2 Å². The smallest absolute Gasteiger partial charge is 0.135 e. The second kappa shape index (κ2) is 5.45. The quantitative estimate of drug-likeness (QED) is 0.557. The summed E-state index contributed by atoms with van der Waals surface area (Å²) in [5, 5.41) is 1.12. The summed E-state index contributed by atoms with van der Waals surface area (Å²) in [7, 11) is 0. The highest BCUT2D eigenvalue weighted by molar-refractivity contribution is 5.83. The van der Waals surface area contributed by atoms with E-state index in [-0.39, 0.29) is 0 Å². The van der Waals surface area contributed by atoms with Gasteiger partial charge in [-0.25, -0.2) is 9.97 Å². The fraction of sp³-hybridized carbons (Fsp3) is 0.0526. The van der Waals surface area contributed by atoms with Crippen molar-refractivity contribution in [3.8, 4) is 11.3 Å². The van der Waals surface area contributed by atoms with Gasteiger partial charge in [0.2, 0.25) is 0 Å². The van der Waals surface area contributed by atoms with Gasteiger partial charge >= 0.3 is 0 Å². The molecule has 0 bridgehead atoms. The second-order valence-electron chi connectivity index (χ2n) is 5.23. The second-order valence-corrected chi connectivity index (χ2v) is 5.23. The lowest BCUT2D eigenvalue weighted by atomic mass is 10.00. The van der Waals surface area contributed by atoms with Crippen molar-refractivity contribution in [2.75, 3.05) is 0 Å². The molecule has 22 heavy (non-hydrogen) atoms. The molecule has 2 aromatic carbocycles. The van der Waals surface area contributed by atoms with Gasteiger partial charge in [0.25, 0.3) is 0 Å². The van der Waals surface area contributed by atoms with Crippen molar-refractivity contribution in [3.05, 3.63) is 84.4 Å². The standard InChI is InChI=1S/C19H14N2O/c1-3-7-17(15(5-1)9-14-11-20-13-21-12-14)19-10-16-6-2-4-8-18(16)22-19/h1-8,10-13H,9H2. The van der Waals surface area contributed by atoms with Crippen LogP contribution in [0.15, 0.2) is 77.7 Å². The van der Waals surface area contributed by atoms with Gasteiger partial charge in [0.1, 0.15) is 17.7 Å². The van der Waals surface area contributed by atoms with Gasteiger partial charge in [0, 0.05) is 29.8 Å². The van der Waals surface area contributed by atoms with Gasteiger partial charge in [-0.3, -0.25) is 0 Å². The summed E-state index contributed by atoms with van der Waals surface area (Å²) in [5.41, 5.74) is 4.32. The van der Waals surface area contributed by atoms with Crippen molar-refractivity contribution >= 4 is 11.0 Å². The van der Waals surface area contributed by atoms with Crippen LogP contribution in [0, 0.1) is 0 Å². The average Bonchev–Trinajstić information content (AvgIpc) is 3.00. The first-order valence-corrected chi connectivity index (χ1v) is 7.21. The summed E-state index contributed by atoms with van der Waals surface area (Å²) in [6.45, 7) is 0. The first kappa shape index (κ1) is 12.8. The van der Waals surface area contributed by atoms with Crippen molar-refractivity contribution in [2.24, 2.45) is 0 Å². The highest BCUT2D eigenvalue weighted by atomic mass is 16.3. The van der Waals surface area contributed by atoms with Crippen LogP contribution in [0.5, 0.6) is 0 Å². The van der Waals surface area contributed by atoms with Crippen LogP contribution >= 0.6 is 0 Å². The Kier molecular flexibility index (Phi) is 3.16. The van der Waals surface area contributed by atoms with Gasteiger partial charge in [-0.2, -0.15) is 0 Å². The van der Waals surface area contributed by atoms with E-state index in [0.717, 1.165) is 34.3 Å². The highest BCUT2D eigenvalue weighted by Crippen LogP contribution is 2.30. The molecule has 106 valence electrons. The largest absolute Gasteiger partial charge is 0.456 e. The van der Waals surface area contributed by atoms with Crippen molar-refractivity contribution in [1.82, 2.24) is 9.97 Å². The van der Waals surface area contributed by atoms with E-state index >= 15 is 0 Å². The zero-order valence-corrected chi connectivity index (χ0v) is 11.9. The zero-order valence-electron chi connectivity index (χ0n) is 11.9. The third-order valence-corrected chi connectivity index (χ3v) is 3.72. The maximum Gasteiger partial charge on any atom is 0.135 e. The molecule has 2 heterocycles. The summed E-state index contributed by atoms with van der Waals surface area (Å²) in [6.07, 6.45) is 6.04. The Morgan fingerprint density at radius 3 is 2.50 bits per heavy atom. The van der Waals surface area contributed by atoms with Gasteiger partial charge in [-0.05, 0) is 23.3 Å². The molecule has 0 aliphatic heterocycles. The Balaban J connectivity index is 1.78. The van der Waals surface area contributed by atoms with Crippen LogP contribution in [-0.2, 0) is 6.42 Å². The fourth-order valence-corrected chi connectivity index (χ4v) is 2.67. The van der Waals surface area contributed by atoms with E-state index in [0.29, 0.717) is 0 Å². The van der Waals surface area contributed by atoms with Crippen LogP contribution in [0.2, 0.25) is 0 Å². The van der Waals surface area contributed by atoms with E-state index < -0.39 is 0 Å². The molecule has 0 unspecified atom stereocenters. The van der Waals surface area contributed by atoms with Gasteiger partial charge in [-0.15, -0.1) is 0 Å². The lowest BCUT2D eigenvalue weighted by Crippen LogP contribution is -1.93. The van der Waals surface area contributed by atoms with Crippen molar-refractivity contribution in [3.63, 3.8) is 0 Å². The SMILES string of the molecule is c1ccc(-c2cc3ccccc3o2)c(Cc2cncnc2)c1. The first-order chi connectivity index (χ1) is 10.9. The summed E-state index contributed by atoms with van der Waals surface area (Å²) in [4.78, 5) is 8.17. The highest BCUT2D eigenvalue weighted by Gasteiger charge is 2.10. The van der Waals surface area contributed by atoms with E-state index in [4.69, 9.17) is 4.42 Å². The molecule has 0 N–H and O–H groups in total. The molecule has 4 aromatic rings. The van der Waals surface area contributed by atoms with Crippen LogP contribution in [0.25, 0.3) is 22.3 Å². The molecule has 0 amide bonds. The Hall–Kier alpha value is -2.94. The molecule has 4 rings (SSSR count). The molecule has 0 radical (unpaired) electrons. The van der Waals surface area contributed by atoms with E-state index in [1.54, 1.807) is 6.33 Å². The Bertz CT molecular complexity index is 880. The van der Waals surface area contributed by atoms with Crippen molar-refractivity contribution < 1.29 is 4.42 Å². The third-order valence-electron chi connectivity index (χ3n) is 3.72. The maximum atomic E-state index is 6.00. The van der Waals surface area contributed by atoms with Gasteiger partial charge in [-0.1, -0.05) is 42.5 Å². The summed E-state index contributed by atoms with van der Waals surface area (Å²) in [6, 6.07) is 18.5. The number of nitrogens with zero attached hydrogens (tertiary/aromatic N) is 2. The van der Waals surface area contributed by atoms with Crippen LogP contribution in [0.3, 0.4) is 0 Å². The third kappa shape index (κ3) is 2.37. The number of aromatic nitrogens is 2. The van der Waals surface area contributed by atoms with Gasteiger partial charge in [0.05, 0.1) is 0 Å². The molecule has 3 heteroatoms. The average molecular weight is 286 g/mol. The molecule has 0 atom stereocenters. The van der Waals surface area contributed by atoms with E-state index in [1.807, 2.05) is 42.7 Å². The normalized spacial score (nSPS) is 10.9. The molecule has 0 spiro atoms. The number of para-hydroxylation sites is 1. The summed E-state index contributed by atoms with van der Waals surface area (Å²) < 4.78 is 6.00. The molecule has 0 aliphatic rings. The topological polar surface area (TPSA) is 38.9 Å². The minimum absolute atomic E-state index is 0.786. The summed E-state index contributed by atoms with van der Waals surface area (Å²) >= 11 is 0. The fourth-order valence-electron chi connectivity index (χ4n) is 2.67. The van der Waals surface area contributed by atoms with Crippen LogP contribution in [-0.4, -0.2) is 9.97 Å². The number of furan rings is 1. The monoisotopic (exact) mass is 286 g/mol. The van der Waals surface area contributed by atoms with E-state index in [1.165, 1.54) is 5.56 Å².